The molecule has 5 heavy (non-hydrogen) atoms. The summed E-state index contributed by atoms with van der Waals surface area (Å²) in [5.74, 6) is 0. The van der Waals surface area contributed by atoms with Crippen LogP contribution in [0.4, 0.5) is 0 Å². The maximum Gasteiger partial charge on any atom is 0.150 e. The lowest BCUT2D eigenvalue weighted by molar-refractivity contribution is 2.36. The topological polar surface area (TPSA) is 0 Å². The zero-order chi connectivity index (χ0) is 3.58. The largest absolute Gasteiger partial charge is 0.194 e. The van der Waals surface area contributed by atoms with Crippen molar-refractivity contribution in [1.82, 2.24) is 0 Å². The molecule has 0 bridgehead atoms. The fourth-order valence-corrected chi connectivity index (χ4v) is 0. The van der Waals surface area contributed by atoms with E-state index in [9.17, 15) is 0 Å². The van der Waals surface area contributed by atoms with Crippen molar-refractivity contribution in [3.05, 3.63) is 0 Å². The summed E-state index contributed by atoms with van der Waals surface area (Å²) < 4.78 is 0. The summed E-state index contributed by atoms with van der Waals surface area (Å²) in [7, 11) is -0.750. The van der Waals surface area contributed by atoms with Crippen molar-refractivity contribution in [3.8, 4) is 0 Å². The summed E-state index contributed by atoms with van der Waals surface area (Å²) >= 11 is 7.94. The van der Waals surface area contributed by atoms with Crippen molar-refractivity contribution in [2.45, 2.75) is 14.0 Å². The van der Waals surface area contributed by atoms with Gasteiger partial charge in [0.2, 0.25) is 0 Å². The molecule has 0 aromatic carbocycles. The highest BCUT2D eigenvalue weighted by Gasteiger charge is 1.74. The fraction of sp³-hybridized carbons (Fsp3) is 1.00. The molecule has 0 N–H and O–H groups in total. The number of hydrogen-bond acceptors (Lipinski definition) is 2. The summed E-state index contributed by atoms with van der Waals surface area (Å²) in [4.78, 5) is 0. The van der Waals surface area contributed by atoms with Crippen LogP contribution in [0.1, 0.15) is 7.43 Å². The van der Waals surface area contributed by atoms with Crippen LogP contribution in [0, 0.1) is 0 Å². The molecular weight excluding hydrogens is 116 g/mol. The van der Waals surface area contributed by atoms with E-state index in [2.05, 4.69) is 24.2 Å². The molecule has 0 aromatic heterocycles. The smallest absolute Gasteiger partial charge is 0.150 e. The summed E-state index contributed by atoms with van der Waals surface area (Å²) in [6, 6.07) is 0. The van der Waals surface area contributed by atoms with E-state index in [1.54, 1.807) is 0 Å². The van der Waals surface area contributed by atoms with Crippen LogP contribution >= 0.6 is 24.2 Å². The monoisotopic (exact) mass is 126 g/mol. The Morgan fingerprint density at radius 1 is 1.40 bits per heavy atom. The fourth-order valence-electron chi connectivity index (χ4n) is 0. The van der Waals surface area contributed by atoms with Crippen molar-refractivity contribution >= 4 is 31.3 Å². The molecule has 0 atom stereocenters. The standard InChI is InChI=1S/CH6S2Si.CH4/c1-4(2)3;/h2-4H,1H3;1H4. The molecule has 0 fully saturated rings. The van der Waals surface area contributed by atoms with Crippen LogP contribution in [0.3, 0.4) is 0 Å². The van der Waals surface area contributed by atoms with E-state index in [0.717, 1.165) is 0 Å². The molecule has 0 aliphatic carbocycles. The first-order chi connectivity index (χ1) is 1.73. The van der Waals surface area contributed by atoms with Crippen LogP contribution in [-0.2, 0) is 0 Å². The van der Waals surface area contributed by atoms with Crippen molar-refractivity contribution in [3.63, 3.8) is 0 Å². The zero-order valence-corrected chi connectivity index (χ0v) is 5.42. The highest BCUT2D eigenvalue weighted by molar-refractivity contribution is 8.40. The second kappa shape index (κ2) is 4.92. The molecule has 0 heterocycles. The van der Waals surface area contributed by atoms with Gasteiger partial charge >= 0.3 is 0 Å². The molecule has 0 aromatic rings. The number of hydrogen-bond donors (Lipinski definition) is 2. The Hall–Kier alpha value is 0.917. The Bertz CT molecular complexity index is 12.4. The quantitative estimate of drug-likeness (QED) is 0.355. The first kappa shape index (κ1) is 9.32. The zero-order valence-electron chi connectivity index (χ0n) is 2.47. The van der Waals surface area contributed by atoms with E-state index in [1.807, 2.05) is 6.55 Å². The summed E-state index contributed by atoms with van der Waals surface area (Å²) in [6.07, 6.45) is 0. The average molecular weight is 126 g/mol. The Morgan fingerprint density at radius 2 is 1.40 bits per heavy atom. The lowest BCUT2D eigenvalue weighted by Gasteiger charge is -1.74. The van der Waals surface area contributed by atoms with Gasteiger partial charge in [-0.3, -0.25) is 0 Å². The van der Waals surface area contributed by atoms with Gasteiger partial charge in [-0.2, -0.15) is 24.2 Å². The van der Waals surface area contributed by atoms with Gasteiger partial charge in [0, 0.05) is 0 Å². The molecule has 0 spiro atoms. The second-order valence-electron chi connectivity index (χ2n) is 0.632. The second-order valence-corrected chi connectivity index (χ2v) is 7.77. The Balaban J connectivity index is 0. The van der Waals surface area contributed by atoms with E-state index in [1.165, 1.54) is 0 Å². The lowest BCUT2D eigenvalue weighted by atomic mass is 11.9. The van der Waals surface area contributed by atoms with Crippen LogP contribution in [-0.4, -0.2) is 7.10 Å². The van der Waals surface area contributed by atoms with Gasteiger partial charge in [0.25, 0.3) is 0 Å². The van der Waals surface area contributed by atoms with Crippen LogP contribution in [0.25, 0.3) is 0 Å². The predicted molar refractivity (Wildman–Crippen MR) is 37.7 cm³/mol. The molecule has 0 aliphatic heterocycles. The van der Waals surface area contributed by atoms with Gasteiger partial charge in [0.05, 0.1) is 0 Å². The molecule has 0 nitrogen and oxygen atoms in total. The maximum absolute atomic E-state index is 3.97. The van der Waals surface area contributed by atoms with Gasteiger partial charge in [-0.1, -0.05) is 14.0 Å². The summed E-state index contributed by atoms with van der Waals surface area (Å²) in [6.45, 7) is 2.03. The Kier molecular flexibility index (Phi) is 9.17. The molecule has 0 rings (SSSR count). The number of rotatable bonds is 0. The molecule has 3 heteroatoms. The van der Waals surface area contributed by atoms with Gasteiger partial charge < -0.3 is 0 Å². The van der Waals surface area contributed by atoms with Crippen molar-refractivity contribution in [2.24, 2.45) is 0 Å². The normalized spacial score (nSPS) is 7.20. The van der Waals surface area contributed by atoms with Crippen LogP contribution in [0.5, 0.6) is 0 Å². The first-order valence-electron chi connectivity index (χ1n) is 1.09. The molecule has 34 valence electrons. The molecule has 0 radical (unpaired) electrons. The number of thiol groups is 2. The van der Waals surface area contributed by atoms with Crippen molar-refractivity contribution in [1.29, 1.82) is 0 Å². The first-order valence-corrected chi connectivity index (χ1v) is 6.38. The SMILES string of the molecule is C.C[SiH](S)S. The lowest BCUT2D eigenvalue weighted by Crippen LogP contribution is -1.73. The van der Waals surface area contributed by atoms with Gasteiger partial charge in [0.15, 0.2) is 7.10 Å². The Labute approximate surface area is 45.7 Å². The van der Waals surface area contributed by atoms with Crippen molar-refractivity contribution in [2.75, 3.05) is 0 Å². The van der Waals surface area contributed by atoms with E-state index >= 15 is 0 Å². The van der Waals surface area contributed by atoms with Gasteiger partial charge in [0.1, 0.15) is 0 Å². The van der Waals surface area contributed by atoms with Crippen LogP contribution in [0.2, 0.25) is 6.55 Å². The molecule has 0 saturated heterocycles. The third kappa shape index (κ3) is 49.8. The van der Waals surface area contributed by atoms with Crippen LogP contribution < -0.4 is 0 Å². The van der Waals surface area contributed by atoms with E-state index in [0.29, 0.717) is 0 Å². The average Bonchev–Trinajstić information content (AvgIpc) is 0.811. The van der Waals surface area contributed by atoms with Gasteiger partial charge in [-0.25, -0.2) is 0 Å². The highest BCUT2D eigenvalue weighted by Crippen LogP contribution is 1.87. The third-order valence-electron chi connectivity index (χ3n) is 0. The van der Waals surface area contributed by atoms with Crippen LogP contribution in [0.15, 0.2) is 0 Å². The summed E-state index contributed by atoms with van der Waals surface area (Å²) in [5, 5.41) is 0. The van der Waals surface area contributed by atoms with E-state index in [-0.39, 0.29) is 7.43 Å². The molecule has 0 amide bonds. The minimum absolute atomic E-state index is 0. The third-order valence-corrected chi connectivity index (χ3v) is 0. The molecule has 0 aliphatic rings. The molecular formula is C2H10S2Si. The van der Waals surface area contributed by atoms with E-state index in [4.69, 9.17) is 0 Å². The minimum atomic E-state index is -0.750. The van der Waals surface area contributed by atoms with E-state index < -0.39 is 7.10 Å². The predicted octanol–water partition coefficient (Wildman–Crippen LogP) is 1.33. The Morgan fingerprint density at radius 3 is 1.40 bits per heavy atom. The highest BCUT2D eigenvalue weighted by atomic mass is 32.5. The van der Waals surface area contributed by atoms with Gasteiger partial charge in [-0.15, -0.1) is 0 Å². The maximum atomic E-state index is 3.97. The van der Waals surface area contributed by atoms with Crippen molar-refractivity contribution < 1.29 is 0 Å². The molecule has 0 unspecified atom stereocenters. The summed E-state index contributed by atoms with van der Waals surface area (Å²) in [5.41, 5.74) is 0. The minimum Gasteiger partial charge on any atom is -0.194 e. The molecule has 0 saturated carbocycles. The van der Waals surface area contributed by atoms with Gasteiger partial charge in [-0.05, 0) is 0 Å².